The summed E-state index contributed by atoms with van der Waals surface area (Å²) in [6, 6.07) is 0. The van der Waals surface area contributed by atoms with Crippen LogP contribution in [0.2, 0.25) is 0 Å². The summed E-state index contributed by atoms with van der Waals surface area (Å²) < 4.78 is 155. The highest BCUT2D eigenvalue weighted by Crippen LogP contribution is 2.60. The van der Waals surface area contributed by atoms with Gasteiger partial charge in [-0.1, -0.05) is 0 Å². The van der Waals surface area contributed by atoms with Crippen molar-refractivity contribution in [3.63, 3.8) is 0 Å². The molecule has 0 aromatic heterocycles. The van der Waals surface area contributed by atoms with E-state index in [4.69, 9.17) is 0 Å². The molecule has 4 nitrogen and oxygen atoms in total. The smallest absolute Gasteiger partial charge is 0.240 e. The fourth-order valence-electron chi connectivity index (χ4n) is 1.23. The van der Waals surface area contributed by atoms with E-state index in [9.17, 15) is 62.3 Å². The second-order valence-electron chi connectivity index (χ2n) is 4.19. The van der Waals surface area contributed by atoms with Gasteiger partial charge in [0, 0.05) is 0 Å². The molecular formula is C8F12O4. The van der Waals surface area contributed by atoms with Gasteiger partial charge in [-0.15, -0.1) is 0 Å². The summed E-state index contributed by atoms with van der Waals surface area (Å²) in [5.74, 6) is -53.1. The van der Waals surface area contributed by atoms with Crippen LogP contribution in [0, 0.1) is 0 Å². The molecule has 1 saturated heterocycles. The van der Waals surface area contributed by atoms with Crippen molar-refractivity contribution >= 4 is 11.9 Å². The molecule has 0 saturated carbocycles. The number of hydrogen-bond acceptors (Lipinski definition) is 4. The average molecular weight is 388 g/mol. The van der Waals surface area contributed by atoms with Crippen LogP contribution in [0.5, 0.6) is 0 Å². The Kier molecular flexibility index (Phi) is 4.04. The maximum Gasteiger partial charge on any atom is 0.431 e. The third-order valence-electron chi connectivity index (χ3n) is 2.68. The molecule has 0 amide bonds. The molecule has 140 valence electrons. The molecule has 16 heteroatoms. The summed E-state index contributed by atoms with van der Waals surface area (Å²) in [4.78, 5) is 25.6. The van der Waals surface area contributed by atoms with Crippen LogP contribution in [-0.2, 0) is 19.4 Å². The van der Waals surface area contributed by atoms with Crippen LogP contribution in [0.25, 0.3) is 0 Å². The molecule has 0 bridgehead atoms. The number of alkyl halides is 12. The van der Waals surface area contributed by atoms with Crippen LogP contribution in [0.3, 0.4) is 0 Å². The SMILES string of the molecule is O=C1OOC(=O)C(F)(F)C(F)(F)C(F)(F)C(F)(F)C(F)(F)C1(F)F. The molecule has 0 aromatic carbocycles. The highest BCUT2D eigenvalue weighted by atomic mass is 19.4. The van der Waals surface area contributed by atoms with Crippen molar-refractivity contribution in [1.29, 1.82) is 0 Å². The minimum atomic E-state index is -7.94. The van der Waals surface area contributed by atoms with Gasteiger partial charge >= 0.3 is 47.5 Å². The van der Waals surface area contributed by atoms with Gasteiger partial charge in [-0.2, -0.15) is 52.7 Å². The highest BCUT2D eigenvalue weighted by Gasteiger charge is 2.93. The van der Waals surface area contributed by atoms with Gasteiger partial charge in [0.1, 0.15) is 0 Å². The van der Waals surface area contributed by atoms with Crippen LogP contribution in [-0.4, -0.2) is 47.5 Å². The molecule has 1 heterocycles. The first-order valence-corrected chi connectivity index (χ1v) is 5.00. The summed E-state index contributed by atoms with van der Waals surface area (Å²) in [5, 5.41) is 0. The standard InChI is InChI=1S/C8F12O4/c9-3(10)1(21)23-24-2(22)4(11,12)6(15,16)8(19,20)7(17,18)5(3,13)14. The van der Waals surface area contributed by atoms with Crippen molar-refractivity contribution in [2.45, 2.75) is 35.5 Å². The Bertz CT molecular complexity index is 517. The van der Waals surface area contributed by atoms with Gasteiger partial charge in [0.25, 0.3) is 0 Å². The van der Waals surface area contributed by atoms with E-state index in [1.54, 1.807) is 0 Å². The monoisotopic (exact) mass is 388 g/mol. The van der Waals surface area contributed by atoms with E-state index >= 15 is 0 Å². The molecule has 0 unspecified atom stereocenters. The zero-order valence-electron chi connectivity index (χ0n) is 10.2. The lowest BCUT2D eigenvalue weighted by molar-refractivity contribution is -0.429. The summed E-state index contributed by atoms with van der Waals surface area (Å²) >= 11 is 0. The lowest BCUT2D eigenvalue weighted by atomic mass is 9.91. The molecule has 24 heavy (non-hydrogen) atoms. The fourth-order valence-corrected chi connectivity index (χ4v) is 1.23. The number of halogens is 12. The first kappa shape index (κ1) is 20.1. The van der Waals surface area contributed by atoms with Gasteiger partial charge in [-0.05, 0) is 0 Å². The van der Waals surface area contributed by atoms with Gasteiger partial charge in [0.05, 0.1) is 0 Å². The first-order valence-electron chi connectivity index (χ1n) is 5.00. The van der Waals surface area contributed by atoms with E-state index in [1.165, 1.54) is 0 Å². The predicted octanol–water partition coefficient (Wildman–Crippen LogP) is 2.81. The Morgan fingerprint density at radius 1 is 0.458 bits per heavy atom. The number of rotatable bonds is 0. The zero-order valence-corrected chi connectivity index (χ0v) is 10.2. The number of carbonyl (C=O) groups is 2. The largest absolute Gasteiger partial charge is 0.431 e. The second kappa shape index (κ2) is 4.81. The lowest BCUT2D eigenvalue weighted by Gasteiger charge is -2.40. The van der Waals surface area contributed by atoms with Crippen LogP contribution >= 0.6 is 0 Å². The van der Waals surface area contributed by atoms with Crippen molar-refractivity contribution in [3.8, 4) is 0 Å². The van der Waals surface area contributed by atoms with E-state index in [0.29, 0.717) is 0 Å². The molecule has 1 aliphatic heterocycles. The lowest BCUT2D eigenvalue weighted by Crippen LogP contribution is -2.73. The third-order valence-corrected chi connectivity index (χ3v) is 2.68. The van der Waals surface area contributed by atoms with Crippen LogP contribution in [0.1, 0.15) is 0 Å². The maximum atomic E-state index is 13.0. The quantitative estimate of drug-likeness (QED) is 0.473. The van der Waals surface area contributed by atoms with Gasteiger partial charge in [-0.3, -0.25) is 0 Å². The molecule has 1 rings (SSSR count). The Balaban J connectivity index is 3.80. The Labute approximate surface area is 121 Å². The molecule has 0 aliphatic carbocycles. The van der Waals surface area contributed by atoms with E-state index in [-0.39, 0.29) is 0 Å². The van der Waals surface area contributed by atoms with Crippen molar-refractivity contribution in [2.75, 3.05) is 0 Å². The van der Waals surface area contributed by atoms with Gasteiger partial charge < -0.3 is 0 Å². The summed E-state index contributed by atoms with van der Waals surface area (Å²) in [5.41, 5.74) is 0. The Hall–Kier alpha value is -1.90. The molecular weight excluding hydrogens is 388 g/mol. The zero-order chi connectivity index (χ0) is 19.6. The van der Waals surface area contributed by atoms with Crippen molar-refractivity contribution in [1.82, 2.24) is 0 Å². The molecule has 0 radical (unpaired) electrons. The average Bonchev–Trinajstić information content (AvgIpc) is 2.41. The number of hydrogen-bond donors (Lipinski definition) is 0. The van der Waals surface area contributed by atoms with E-state index in [0.717, 1.165) is 0 Å². The molecule has 0 spiro atoms. The third kappa shape index (κ3) is 2.03. The van der Waals surface area contributed by atoms with Gasteiger partial charge in [-0.25, -0.2) is 19.4 Å². The van der Waals surface area contributed by atoms with Crippen molar-refractivity contribution < 1.29 is 72.0 Å². The van der Waals surface area contributed by atoms with Crippen LogP contribution < -0.4 is 0 Å². The fraction of sp³-hybridized carbons (Fsp3) is 0.750. The minimum Gasteiger partial charge on any atom is -0.240 e. The molecule has 0 N–H and O–H groups in total. The summed E-state index contributed by atoms with van der Waals surface area (Å²) in [7, 11) is 0. The molecule has 0 atom stereocenters. The van der Waals surface area contributed by atoms with E-state index in [2.05, 4.69) is 9.78 Å². The summed E-state index contributed by atoms with van der Waals surface area (Å²) in [6.45, 7) is 0. The van der Waals surface area contributed by atoms with E-state index in [1.807, 2.05) is 0 Å². The molecule has 0 aromatic rings. The summed E-state index contributed by atoms with van der Waals surface area (Å²) in [6.07, 6.45) is 0. The highest BCUT2D eigenvalue weighted by molar-refractivity contribution is 5.83. The van der Waals surface area contributed by atoms with Crippen LogP contribution in [0.15, 0.2) is 0 Å². The maximum absolute atomic E-state index is 13.0. The van der Waals surface area contributed by atoms with E-state index < -0.39 is 47.5 Å². The normalized spacial score (nSPS) is 30.0. The van der Waals surface area contributed by atoms with Crippen LogP contribution in [0.4, 0.5) is 52.7 Å². The Morgan fingerprint density at radius 2 is 0.667 bits per heavy atom. The Morgan fingerprint density at radius 3 is 0.875 bits per heavy atom. The first-order chi connectivity index (χ1) is 10.3. The predicted molar refractivity (Wildman–Crippen MR) is 41.9 cm³/mol. The second-order valence-corrected chi connectivity index (χ2v) is 4.19. The van der Waals surface area contributed by atoms with Gasteiger partial charge in [0.15, 0.2) is 0 Å². The number of carbonyl (C=O) groups excluding carboxylic acids is 2. The van der Waals surface area contributed by atoms with Crippen molar-refractivity contribution in [3.05, 3.63) is 0 Å². The minimum absolute atomic E-state index is 2.36. The molecule has 1 aliphatic rings. The van der Waals surface area contributed by atoms with Gasteiger partial charge in [0.2, 0.25) is 0 Å². The molecule has 1 fully saturated rings. The topological polar surface area (TPSA) is 52.6 Å². The van der Waals surface area contributed by atoms with Crippen molar-refractivity contribution in [2.24, 2.45) is 0 Å².